The molecule has 1 fully saturated rings. The van der Waals surface area contributed by atoms with Crippen LogP contribution in [-0.2, 0) is 6.54 Å². The number of rotatable bonds is 5. The molecule has 2 N–H and O–H groups in total. The molecule has 1 unspecified atom stereocenters. The van der Waals surface area contributed by atoms with E-state index in [2.05, 4.69) is 15.7 Å². The molecule has 6 heteroatoms. The standard InChI is InChI=1S/C12H19ClN4O/c1-2-17-12(18)11(13)10(8-16-17)15-7-5-9-4-3-6-14-9/h8-9,14-15H,2-7H2,1H3. The van der Waals surface area contributed by atoms with E-state index < -0.39 is 0 Å². The zero-order valence-electron chi connectivity index (χ0n) is 10.6. The van der Waals surface area contributed by atoms with Crippen LogP contribution in [0, 0.1) is 0 Å². The van der Waals surface area contributed by atoms with Gasteiger partial charge in [-0.1, -0.05) is 11.6 Å². The van der Waals surface area contributed by atoms with E-state index in [4.69, 9.17) is 11.6 Å². The smallest absolute Gasteiger partial charge is 0.287 e. The maximum absolute atomic E-state index is 11.8. The van der Waals surface area contributed by atoms with Crippen molar-refractivity contribution in [3.05, 3.63) is 21.6 Å². The summed E-state index contributed by atoms with van der Waals surface area (Å²) in [5.41, 5.74) is 0.396. The lowest BCUT2D eigenvalue weighted by Crippen LogP contribution is -2.26. The number of aromatic nitrogens is 2. The highest BCUT2D eigenvalue weighted by Crippen LogP contribution is 2.16. The zero-order valence-corrected chi connectivity index (χ0v) is 11.3. The molecule has 1 aliphatic heterocycles. The van der Waals surface area contributed by atoms with Crippen molar-refractivity contribution >= 4 is 17.3 Å². The Morgan fingerprint density at radius 1 is 1.67 bits per heavy atom. The summed E-state index contributed by atoms with van der Waals surface area (Å²) in [5.74, 6) is 0. The van der Waals surface area contributed by atoms with Gasteiger partial charge in [-0.05, 0) is 32.7 Å². The van der Waals surface area contributed by atoms with Crippen LogP contribution in [0.25, 0.3) is 0 Å². The normalized spacial score (nSPS) is 19.1. The first kappa shape index (κ1) is 13.4. The molecule has 100 valence electrons. The van der Waals surface area contributed by atoms with Gasteiger partial charge in [-0.2, -0.15) is 5.10 Å². The van der Waals surface area contributed by atoms with Gasteiger partial charge in [0.2, 0.25) is 0 Å². The fourth-order valence-electron chi connectivity index (χ4n) is 2.20. The summed E-state index contributed by atoms with van der Waals surface area (Å²) in [6.07, 6.45) is 5.13. The van der Waals surface area contributed by atoms with Gasteiger partial charge in [0.05, 0.1) is 11.9 Å². The first-order valence-electron chi connectivity index (χ1n) is 6.45. The fourth-order valence-corrected chi connectivity index (χ4v) is 2.41. The number of nitrogens with one attached hydrogen (secondary N) is 2. The average Bonchev–Trinajstić information content (AvgIpc) is 2.88. The van der Waals surface area contributed by atoms with Crippen LogP contribution in [0.2, 0.25) is 5.02 Å². The third-order valence-electron chi connectivity index (χ3n) is 3.26. The number of anilines is 1. The fraction of sp³-hybridized carbons (Fsp3) is 0.667. The van der Waals surface area contributed by atoms with Gasteiger partial charge >= 0.3 is 0 Å². The van der Waals surface area contributed by atoms with Gasteiger partial charge in [-0.15, -0.1) is 0 Å². The summed E-state index contributed by atoms with van der Waals surface area (Å²) in [7, 11) is 0. The van der Waals surface area contributed by atoms with Gasteiger partial charge in [0, 0.05) is 19.1 Å². The van der Waals surface area contributed by atoms with Crippen LogP contribution < -0.4 is 16.2 Å². The molecular weight excluding hydrogens is 252 g/mol. The quantitative estimate of drug-likeness (QED) is 0.851. The largest absolute Gasteiger partial charge is 0.382 e. The Bertz CT molecular complexity index is 454. The number of hydrogen-bond donors (Lipinski definition) is 2. The minimum atomic E-state index is -0.233. The first-order valence-corrected chi connectivity index (χ1v) is 6.83. The second-order valence-corrected chi connectivity index (χ2v) is 4.88. The predicted molar refractivity (Wildman–Crippen MR) is 73.3 cm³/mol. The van der Waals surface area contributed by atoms with Gasteiger partial charge in [-0.3, -0.25) is 4.79 Å². The topological polar surface area (TPSA) is 59.0 Å². The van der Waals surface area contributed by atoms with E-state index >= 15 is 0 Å². The monoisotopic (exact) mass is 270 g/mol. The summed E-state index contributed by atoms with van der Waals surface area (Å²) in [6, 6.07) is 0.584. The summed E-state index contributed by atoms with van der Waals surface area (Å²) in [4.78, 5) is 11.8. The van der Waals surface area contributed by atoms with Crippen molar-refractivity contribution in [2.45, 2.75) is 38.8 Å². The Labute approximate surface area is 112 Å². The molecule has 1 aromatic heterocycles. The van der Waals surface area contributed by atoms with Gasteiger partial charge in [0.1, 0.15) is 5.02 Å². The summed E-state index contributed by atoms with van der Waals surface area (Å²) >= 11 is 6.02. The molecule has 0 saturated carbocycles. The van der Waals surface area contributed by atoms with Crippen molar-refractivity contribution in [1.82, 2.24) is 15.1 Å². The Kier molecular flexibility index (Phi) is 4.60. The second kappa shape index (κ2) is 6.20. The maximum atomic E-state index is 11.8. The van der Waals surface area contributed by atoms with Crippen molar-refractivity contribution in [2.24, 2.45) is 0 Å². The molecule has 0 aliphatic carbocycles. The minimum absolute atomic E-state index is 0.228. The highest BCUT2D eigenvalue weighted by molar-refractivity contribution is 6.32. The van der Waals surface area contributed by atoms with Crippen molar-refractivity contribution in [2.75, 3.05) is 18.4 Å². The van der Waals surface area contributed by atoms with Gasteiger partial charge in [0.25, 0.3) is 5.56 Å². The molecule has 0 aromatic carbocycles. The van der Waals surface area contributed by atoms with Crippen LogP contribution in [0.3, 0.4) is 0 Å². The lowest BCUT2D eigenvalue weighted by molar-refractivity contribution is 0.573. The van der Waals surface area contributed by atoms with Crippen LogP contribution in [0.4, 0.5) is 5.69 Å². The van der Waals surface area contributed by atoms with E-state index in [1.807, 2.05) is 6.92 Å². The molecule has 18 heavy (non-hydrogen) atoms. The summed E-state index contributed by atoms with van der Waals surface area (Å²) < 4.78 is 1.35. The molecule has 0 radical (unpaired) electrons. The maximum Gasteiger partial charge on any atom is 0.287 e. The Morgan fingerprint density at radius 3 is 3.17 bits per heavy atom. The van der Waals surface area contributed by atoms with E-state index in [9.17, 15) is 4.79 Å². The van der Waals surface area contributed by atoms with Crippen molar-refractivity contribution in [1.29, 1.82) is 0 Å². The van der Waals surface area contributed by atoms with Crippen molar-refractivity contribution in [3.8, 4) is 0 Å². The van der Waals surface area contributed by atoms with E-state index in [0.717, 1.165) is 19.5 Å². The molecule has 0 bridgehead atoms. The van der Waals surface area contributed by atoms with Gasteiger partial charge in [-0.25, -0.2) is 4.68 Å². The minimum Gasteiger partial charge on any atom is -0.382 e. The second-order valence-electron chi connectivity index (χ2n) is 4.50. The van der Waals surface area contributed by atoms with Crippen LogP contribution in [-0.4, -0.2) is 28.9 Å². The molecule has 5 nitrogen and oxygen atoms in total. The Morgan fingerprint density at radius 2 is 2.50 bits per heavy atom. The van der Waals surface area contributed by atoms with Crippen LogP contribution in [0.15, 0.2) is 11.0 Å². The molecule has 1 aliphatic rings. The van der Waals surface area contributed by atoms with E-state index in [1.165, 1.54) is 17.5 Å². The molecule has 1 aromatic rings. The van der Waals surface area contributed by atoms with Crippen LogP contribution >= 0.6 is 11.6 Å². The number of halogens is 1. The lowest BCUT2D eigenvalue weighted by atomic mass is 10.1. The predicted octanol–water partition coefficient (Wildman–Crippen LogP) is 1.47. The van der Waals surface area contributed by atoms with Crippen molar-refractivity contribution < 1.29 is 0 Å². The molecular formula is C12H19ClN4O. The van der Waals surface area contributed by atoms with E-state index in [-0.39, 0.29) is 10.6 Å². The Balaban J connectivity index is 1.93. The number of hydrogen-bond acceptors (Lipinski definition) is 4. The molecule has 1 atom stereocenters. The van der Waals surface area contributed by atoms with Crippen LogP contribution in [0.5, 0.6) is 0 Å². The van der Waals surface area contributed by atoms with Crippen LogP contribution in [0.1, 0.15) is 26.2 Å². The third-order valence-corrected chi connectivity index (χ3v) is 3.62. The molecule has 0 amide bonds. The molecule has 2 heterocycles. The highest BCUT2D eigenvalue weighted by atomic mass is 35.5. The first-order chi connectivity index (χ1) is 8.72. The van der Waals surface area contributed by atoms with Gasteiger partial charge < -0.3 is 10.6 Å². The molecule has 2 rings (SSSR count). The molecule has 1 saturated heterocycles. The average molecular weight is 271 g/mol. The lowest BCUT2D eigenvalue weighted by Gasteiger charge is -2.12. The van der Waals surface area contributed by atoms with Gasteiger partial charge in [0.15, 0.2) is 0 Å². The van der Waals surface area contributed by atoms with Crippen molar-refractivity contribution in [3.63, 3.8) is 0 Å². The Hall–Kier alpha value is -1.07. The van der Waals surface area contributed by atoms with E-state index in [1.54, 1.807) is 6.20 Å². The van der Waals surface area contributed by atoms with E-state index in [0.29, 0.717) is 18.3 Å². The molecule has 0 spiro atoms. The number of aryl methyl sites for hydroxylation is 1. The third kappa shape index (κ3) is 3.03. The number of nitrogens with zero attached hydrogens (tertiary/aromatic N) is 2. The SMILES string of the molecule is CCn1ncc(NCCC2CCCN2)c(Cl)c1=O. The summed E-state index contributed by atoms with van der Waals surface area (Å²) in [5, 5.41) is 10.9. The summed E-state index contributed by atoms with van der Waals surface area (Å²) in [6.45, 7) is 4.31. The zero-order chi connectivity index (χ0) is 13.0. The highest BCUT2D eigenvalue weighted by Gasteiger charge is 2.14.